The van der Waals surface area contributed by atoms with Crippen LogP contribution in [0.5, 0.6) is 0 Å². The molecule has 4 rings (SSSR count). The molecule has 1 spiro atoms. The van der Waals surface area contributed by atoms with Gasteiger partial charge in [-0.2, -0.15) is 0 Å². The summed E-state index contributed by atoms with van der Waals surface area (Å²) in [5.41, 5.74) is 3.25. The van der Waals surface area contributed by atoms with E-state index in [1.807, 2.05) is 6.20 Å². The van der Waals surface area contributed by atoms with E-state index in [2.05, 4.69) is 57.6 Å². The van der Waals surface area contributed by atoms with Crippen molar-refractivity contribution in [1.82, 2.24) is 20.2 Å². The first-order valence-corrected chi connectivity index (χ1v) is 9.78. The summed E-state index contributed by atoms with van der Waals surface area (Å²) in [6.45, 7) is 5.43. The van der Waals surface area contributed by atoms with Crippen LogP contribution >= 0.6 is 0 Å². The lowest BCUT2D eigenvalue weighted by atomic mass is 9.67. The molecule has 1 aromatic carbocycles. The molecule has 1 saturated carbocycles. The molecular formula is C21H30N4. The molecule has 2 aliphatic rings. The summed E-state index contributed by atoms with van der Waals surface area (Å²) in [5, 5.41) is 7.35. The molecule has 2 fully saturated rings. The van der Waals surface area contributed by atoms with Gasteiger partial charge in [0.25, 0.3) is 0 Å². The van der Waals surface area contributed by atoms with Crippen molar-refractivity contribution in [3.63, 3.8) is 0 Å². The molecule has 1 aliphatic heterocycles. The summed E-state index contributed by atoms with van der Waals surface area (Å²) in [6.07, 6.45) is 12.1. The number of rotatable bonds is 4. The maximum atomic E-state index is 4.37. The monoisotopic (exact) mass is 338 g/mol. The normalized spacial score (nSPS) is 20.8. The highest BCUT2D eigenvalue weighted by Crippen LogP contribution is 2.43. The van der Waals surface area contributed by atoms with Gasteiger partial charge in [0.2, 0.25) is 0 Å². The van der Waals surface area contributed by atoms with Crippen LogP contribution in [0.3, 0.4) is 0 Å². The Kier molecular flexibility index (Phi) is 4.91. The van der Waals surface area contributed by atoms with Gasteiger partial charge in [-0.3, -0.25) is 0 Å². The quantitative estimate of drug-likeness (QED) is 0.895. The Labute approximate surface area is 151 Å². The average molecular weight is 338 g/mol. The summed E-state index contributed by atoms with van der Waals surface area (Å²) >= 11 is 0. The molecule has 1 aromatic heterocycles. The minimum Gasteiger partial charge on any atom is -0.317 e. The van der Waals surface area contributed by atoms with Crippen LogP contribution in [0.2, 0.25) is 0 Å². The molecule has 4 heteroatoms. The third kappa shape index (κ3) is 3.65. The van der Waals surface area contributed by atoms with Crippen molar-refractivity contribution in [3.05, 3.63) is 48.0 Å². The van der Waals surface area contributed by atoms with Crippen molar-refractivity contribution < 1.29 is 0 Å². The van der Waals surface area contributed by atoms with Crippen LogP contribution < -0.4 is 10.6 Å². The van der Waals surface area contributed by atoms with Crippen molar-refractivity contribution in [2.75, 3.05) is 13.1 Å². The van der Waals surface area contributed by atoms with Gasteiger partial charge in [0, 0.05) is 25.0 Å². The lowest BCUT2D eigenvalue weighted by Crippen LogP contribution is -2.43. The van der Waals surface area contributed by atoms with E-state index in [1.165, 1.54) is 62.9 Å². The molecule has 0 atom stereocenters. The fraction of sp³-hybridized carbons (Fsp3) is 0.571. The minimum atomic E-state index is 0.648. The Hall–Kier alpha value is -1.65. The fourth-order valence-corrected chi connectivity index (χ4v) is 4.67. The van der Waals surface area contributed by atoms with E-state index in [4.69, 9.17) is 0 Å². The molecule has 25 heavy (non-hydrogen) atoms. The number of nitrogens with one attached hydrogen (secondary N) is 2. The predicted octanol–water partition coefficient (Wildman–Crippen LogP) is 3.58. The first kappa shape index (κ1) is 16.8. The van der Waals surface area contributed by atoms with Crippen molar-refractivity contribution in [2.24, 2.45) is 5.41 Å². The highest BCUT2D eigenvalue weighted by Gasteiger charge is 2.35. The predicted molar refractivity (Wildman–Crippen MR) is 102 cm³/mol. The molecule has 2 aromatic rings. The largest absolute Gasteiger partial charge is 0.317 e. The number of aryl methyl sites for hydroxylation is 1. The minimum absolute atomic E-state index is 0.648. The van der Waals surface area contributed by atoms with E-state index in [0.717, 1.165) is 12.4 Å². The smallest absolute Gasteiger partial charge is 0.110 e. The van der Waals surface area contributed by atoms with Crippen LogP contribution in [0.4, 0.5) is 0 Å². The van der Waals surface area contributed by atoms with Crippen molar-refractivity contribution in [1.29, 1.82) is 0 Å². The van der Waals surface area contributed by atoms with Gasteiger partial charge in [-0.1, -0.05) is 18.2 Å². The van der Waals surface area contributed by atoms with E-state index < -0.39 is 0 Å². The first-order chi connectivity index (χ1) is 12.3. The third-order valence-corrected chi connectivity index (χ3v) is 6.37. The van der Waals surface area contributed by atoms with Gasteiger partial charge in [-0.25, -0.2) is 4.98 Å². The standard InChI is InChI=1S/C21H30N4/c1-17-23-14-15-25(17)20-5-3-2-4-18(20)16-24-19-6-8-21(9-7-19)10-12-22-13-11-21/h2-5,14-15,19,22,24H,6-13,16H2,1H3. The zero-order valence-electron chi connectivity index (χ0n) is 15.3. The van der Waals surface area contributed by atoms with Gasteiger partial charge in [0.05, 0.1) is 5.69 Å². The molecule has 1 saturated heterocycles. The van der Waals surface area contributed by atoms with Crippen LogP contribution in [-0.4, -0.2) is 28.7 Å². The summed E-state index contributed by atoms with van der Waals surface area (Å²) in [5.74, 6) is 1.04. The van der Waals surface area contributed by atoms with Gasteiger partial charge < -0.3 is 15.2 Å². The van der Waals surface area contributed by atoms with E-state index in [0.29, 0.717) is 11.5 Å². The number of piperidine rings is 1. The van der Waals surface area contributed by atoms with Crippen molar-refractivity contribution in [2.45, 2.75) is 58.0 Å². The molecule has 4 nitrogen and oxygen atoms in total. The number of benzene rings is 1. The van der Waals surface area contributed by atoms with Crippen molar-refractivity contribution >= 4 is 0 Å². The van der Waals surface area contributed by atoms with Gasteiger partial charge >= 0.3 is 0 Å². The number of nitrogens with zero attached hydrogens (tertiary/aromatic N) is 2. The van der Waals surface area contributed by atoms with E-state index in [1.54, 1.807) is 0 Å². The lowest BCUT2D eigenvalue weighted by molar-refractivity contribution is 0.115. The summed E-state index contributed by atoms with van der Waals surface area (Å²) in [7, 11) is 0. The topological polar surface area (TPSA) is 41.9 Å². The maximum Gasteiger partial charge on any atom is 0.110 e. The second-order valence-electron chi connectivity index (χ2n) is 7.88. The molecule has 2 heterocycles. The number of hydrogen-bond acceptors (Lipinski definition) is 3. The van der Waals surface area contributed by atoms with Crippen LogP contribution in [0.25, 0.3) is 5.69 Å². The van der Waals surface area contributed by atoms with Gasteiger partial charge in [0.1, 0.15) is 5.82 Å². The Balaban J connectivity index is 1.37. The number of para-hydroxylation sites is 1. The Morgan fingerprint density at radius 3 is 2.64 bits per heavy atom. The van der Waals surface area contributed by atoms with E-state index in [9.17, 15) is 0 Å². The highest BCUT2D eigenvalue weighted by molar-refractivity contribution is 5.42. The molecule has 0 radical (unpaired) electrons. The fourth-order valence-electron chi connectivity index (χ4n) is 4.67. The SMILES string of the molecule is Cc1nccn1-c1ccccc1CNC1CCC2(CCNCC2)CC1. The molecule has 134 valence electrons. The summed E-state index contributed by atoms with van der Waals surface area (Å²) in [4.78, 5) is 4.37. The first-order valence-electron chi connectivity index (χ1n) is 9.78. The summed E-state index contributed by atoms with van der Waals surface area (Å²) < 4.78 is 2.18. The number of imidazole rings is 1. The van der Waals surface area contributed by atoms with Crippen LogP contribution in [0.1, 0.15) is 49.9 Å². The second-order valence-corrected chi connectivity index (χ2v) is 7.88. The zero-order valence-corrected chi connectivity index (χ0v) is 15.3. The van der Waals surface area contributed by atoms with Crippen LogP contribution in [0, 0.1) is 12.3 Å². The van der Waals surface area contributed by atoms with Crippen LogP contribution in [-0.2, 0) is 6.54 Å². The van der Waals surface area contributed by atoms with Crippen molar-refractivity contribution in [3.8, 4) is 5.69 Å². The average Bonchev–Trinajstić information content (AvgIpc) is 3.08. The zero-order chi connectivity index (χ0) is 17.1. The third-order valence-electron chi connectivity index (χ3n) is 6.37. The number of hydrogen-bond donors (Lipinski definition) is 2. The molecule has 0 unspecified atom stereocenters. The van der Waals surface area contributed by atoms with Gasteiger partial charge in [-0.05, 0) is 75.6 Å². The molecule has 1 aliphatic carbocycles. The van der Waals surface area contributed by atoms with E-state index in [-0.39, 0.29) is 0 Å². The Morgan fingerprint density at radius 2 is 1.92 bits per heavy atom. The second kappa shape index (κ2) is 7.30. The van der Waals surface area contributed by atoms with Crippen LogP contribution in [0.15, 0.2) is 36.7 Å². The van der Waals surface area contributed by atoms with E-state index >= 15 is 0 Å². The Bertz CT molecular complexity index is 689. The number of aromatic nitrogens is 2. The molecular weight excluding hydrogens is 308 g/mol. The van der Waals surface area contributed by atoms with Gasteiger partial charge in [-0.15, -0.1) is 0 Å². The summed E-state index contributed by atoms with van der Waals surface area (Å²) in [6, 6.07) is 9.34. The highest BCUT2D eigenvalue weighted by atomic mass is 15.1. The molecule has 2 N–H and O–H groups in total. The lowest BCUT2D eigenvalue weighted by Gasteiger charge is -2.43. The maximum absolute atomic E-state index is 4.37. The van der Waals surface area contributed by atoms with Gasteiger partial charge in [0.15, 0.2) is 0 Å². The molecule has 0 amide bonds. The Morgan fingerprint density at radius 1 is 1.16 bits per heavy atom. The molecule has 0 bridgehead atoms.